The zero-order valence-corrected chi connectivity index (χ0v) is 11.4. The van der Waals surface area contributed by atoms with Crippen LogP contribution in [-0.4, -0.2) is 14.1 Å². The van der Waals surface area contributed by atoms with Gasteiger partial charge in [0.1, 0.15) is 0 Å². The van der Waals surface area contributed by atoms with Gasteiger partial charge in [0.05, 0.1) is 30.4 Å². The van der Waals surface area contributed by atoms with Crippen LogP contribution in [0.15, 0.2) is 46.2 Å². The van der Waals surface area contributed by atoms with Crippen molar-refractivity contribution < 1.29 is 22.8 Å². The number of hydrogen-bond acceptors (Lipinski definition) is 5. The lowest BCUT2D eigenvalue weighted by molar-refractivity contribution is -0.387. The lowest BCUT2D eigenvalue weighted by atomic mass is 10.3. The predicted octanol–water partition coefficient (Wildman–Crippen LogP) is 2.95. The Labute approximate surface area is 123 Å². The van der Waals surface area contributed by atoms with E-state index in [-0.39, 0.29) is 9.79 Å². The zero-order chi connectivity index (χ0) is 16.4. The first-order chi connectivity index (χ1) is 10.3. The van der Waals surface area contributed by atoms with Gasteiger partial charge in [0.2, 0.25) is 11.6 Å². The molecule has 0 unspecified atom stereocenters. The smallest absolute Gasteiger partial charge is 0.258 e. The topological polar surface area (TPSA) is 103 Å². The molecule has 0 bridgehead atoms. The van der Waals surface area contributed by atoms with Crippen molar-refractivity contribution in [2.24, 2.45) is 0 Å². The van der Waals surface area contributed by atoms with E-state index in [4.69, 9.17) is 0 Å². The maximum atomic E-state index is 13.2. The normalized spacial score (nSPS) is 10.7. The molecule has 0 aromatic heterocycles. The first kappa shape index (κ1) is 15.6. The Balaban J connectivity index is 2.49. The number of hydrogen-bond donors (Lipinski definition) is 0. The molecule has 0 aliphatic carbocycles. The monoisotopic (exact) mass is 328 g/mol. The minimum Gasteiger partial charge on any atom is -0.258 e. The summed E-state index contributed by atoms with van der Waals surface area (Å²) in [5.74, 6) is -2.20. The molecule has 0 fully saturated rings. The molecule has 2 aromatic rings. The minimum atomic E-state index is -2.06. The Hall–Kier alpha value is -2.75. The van der Waals surface area contributed by atoms with Gasteiger partial charge in [-0.05, 0) is 24.3 Å². The second-order valence-electron chi connectivity index (χ2n) is 4.01. The van der Waals surface area contributed by atoms with Crippen molar-refractivity contribution in [2.75, 3.05) is 0 Å². The number of nitro benzene ring substituents is 2. The molecule has 0 atom stereocenters. The molecule has 0 aliphatic rings. The first-order valence-corrected chi connectivity index (χ1v) is 6.76. The van der Waals surface area contributed by atoms with Gasteiger partial charge in [0.15, 0.2) is 0 Å². The lowest BCUT2D eigenvalue weighted by Crippen LogP contribution is -1.99. The van der Waals surface area contributed by atoms with E-state index in [1.54, 1.807) is 0 Å². The quantitative estimate of drug-likeness (QED) is 0.634. The number of rotatable bonds is 4. The molecular weight excluding hydrogens is 322 g/mol. The summed E-state index contributed by atoms with van der Waals surface area (Å²) >= 11 is 0. The molecule has 0 spiro atoms. The van der Waals surface area contributed by atoms with Crippen LogP contribution in [0.5, 0.6) is 0 Å². The molecular formula is C12H6F2N2O5S. The largest absolute Gasteiger partial charge is 0.306 e. The summed E-state index contributed by atoms with van der Waals surface area (Å²) in [7, 11) is -2.06. The highest BCUT2D eigenvalue weighted by Gasteiger charge is 2.21. The van der Waals surface area contributed by atoms with Crippen molar-refractivity contribution in [3.63, 3.8) is 0 Å². The van der Waals surface area contributed by atoms with E-state index in [9.17, 15) is 33.2 Å². The summed E-state index contributed by atoms with van der Waals surface area (Å²) in [4.78, 5) is 19.1. The van der Waals surface area contributed by atoms with E-state index >= 15 is 0 Å². The lowest BCUT2D eigenvalue weighted by Gasteiger charge is -2.03. The van der Waals surface area contributed by atoms with E-state index < -0.39 is 43.7 Å². The first-order valence-electron chi connectivity index (χ1n) is 5.61. The number of nitrogens with zero attached hydrogens (tertiary/aromatic N) is 2. The van der Waals surface area contributed by atoms with Gasteiger partial charge < -0.3 is 0 Å². The molecule has 10 heteroatoms. The summed E-state index contributed by atoms with van der Waals surface area (Å²) in [6, 6.07) is 5.16. The predicted molar refractivity (Wildman–Crippen MR) is 70.8 cm³/mol. The Kier molecular flexibility index (Phi) is 4.22. The van der Waals surface area contributed by atoms with Crippen molar-refractivity contribution in [1.82, 2.24) is 0 Å². The van der Waals surface area contributed by atoms with Crippen LogP contribution >= 0.6 is 0 Å². The van der Waals surface area contributed by atoms with Crippen molar-refractivity contribution in [1.29, 1.82) is 0 Å². The number of halogens is 2. The molecule has 2 rings (SSSR count). The average Bonchev–Trinajstić information content (AvgIpc) is 2.47. The van der Waals surface area contributed by atoms with E-state index in [1.165, 1.54) is 0 Å². The summed E-state index contributed by atoms with van der Waals surface area (Å²) in [5.41, 5.74) is -1.75. The highest BCUT2D eigenvalue weighted by molar-refractivity contribution is 7.85. The van der Waals surface area contributed by atoms with Crippen LogP contribution in [0.2, 0.25) is 0 Å². The van der Waals surface area contributed by atoms with E-state index in [0.717, 1.165) is 36.4 Å². The molecule has 0 saturated carbocycles. The Morgan fingerprint density at radius 3 is 1.50 bits per heavy atom. The highest BCUT2D eigenvalue weighted by Crippen LogP contribution is 2.26. The summed E-state index contributed by atoms with van der Waals surface area (Å²) in [6.07, 6.45) is 0. The minimum absolute atomic E-state index is 0.131. The van der Waals surface area contributed by atoms with Crippen molar-refractivity contribution in [2.45, 2.75) is 9.79 Å². The van der Waals surface area contributed by atoms with Crippen LogP contribution in [0.4, 0.5) is 20.2 Å². The van der Waals surface area contributed by atoms with Gasteiger partial charge in [-0.15, -0.1) is 0 Å². The number of nitro groups is 2. The molecule has 0 amide bonds. The maximum absolute atomic E-state index is 13.2. The summed E-state index contributed by atoms with van der Waals surface area (Å²) in [5, 5.41) is 21.3. The fourth-order valence-corrected chi connectivity index (χ4v) is 2.72. The third kappa shape index (κ3) is 2.96. The summed E-state index contributed by atoms with van der Waals surface area (Å²) < 4.78 is 38.7. The molecule has 0 saturated heterocycles. The van der Waals surface area contributed by atoms with Crippen LogP contribution in [0.3, 0.4) is 0 Å². The Morgan fingerprint density at radius 2 is 1.18 bits per heavy atom. The van der Waals surface area contributed by atoms with Gasteiger partial charge in [-0.2, -0.15) is 8.78 Å². The van der Waals surface area contributed by atoms with Gasteiger partial charge in [-0.1, -0.05) is 0 Å². The average molecular weight is 328 g/mol. The Morgan fingerprint density at radius 1 is 0.818 bits per heavy atom. The van der Waals surface area contributed by atoms with Crippen LogP contribution in [0.1, 0.15) is 0 Å². The molecule has 7 nitrogen and oxygen atoms in total. The van der Waals surface area contributed by atoms with Gasteiger partial charge in [-0.25, -0.2) is 4.21 Å². The third-order valence-corrected chi connectivity index (χ3v) is 4.02. The molecule has 0 radical (unpaired) electrons. The fourth-order valence-electron chi connectivity index (χ4n) is 1.63. The maximum Gasteiger partial charge on any atom is 0.306 e. The molecule has 0 heterocycles. The molecule has 2 aromatic carbocycles. The van der Waals surface area contributed by atoms with Crippen LogP contribution in [0.25, 0.3) is 0 Å². The standard InChI is InChI=1S/C12H6F2N2O5S/c13-9-3-1-7(5-11(9)15(17)18)22(21)8-2-4-10(14)12(6-8)16(19)20/h1-6H. The highest BCUT2D eigenvalue weighted by atomic mass is 32.2. The fraction of sp³-hybridized carbons (Fsp3) is 0. The third-order valence-electron chi connectivity index (χ3n) is 2.66. The van der Waals surface area contributed by atoms with Crippen LogP contribution < -0.4 is 0 Å². The van der Waals surface area contributed by atoms with Crippen LogP contribution in [-0.2, 0) is 10.8 Å². The summed E-state index contributed by atoms with van der Waals surface area (Å²) in [6.45, 7) is 0. The van der Waals surface area contributed by atoms with Gasteiger partial charge in [0.25, 0.3) is 0 Å². The number of benzene rings is 2. The SMILES string of the molecule is O=[N+]([O-])c1cc(S(=O)c2ccc(F)c([N+](=O)[O-])c2)ccc1F. The van der Waals surface area contributed by atoms with Crippen molar-refractivity contribution in [3.8, 4) is 0 Å². The van der Waals surface area contributed by atoms with E-state index in [2.05, 4.69) is 0 Å². The molecule has 0 aliphatic heterocycles. The van der Waals surface area contributed by atoms with Crippen molar-refractivity contribution >= 4 is 22.2 Å². The zero-order valence-electron chi connectivity index (χ0n) is 10.6. The van der Waals surface area contributed by atoms with Crippen LogP contribution in [0, 0.1) is 31.9 Å². The van der Waals surface area contributed by atoms with Gasteiger partial charge in [0, 0.05) is 12.1 Å². The molecule has 22 heavy (non-hydrogen) atoms. The second-order valence-corrected chi connectivity index (χ2v) is 5.49. The van der Waals surface area contributed by atoms with Gasteiger partial charge in [-0.3, -0.25) is 20.2 Å². The van der Waals surface area contributed by atoms with E-state index in [1.807, 2.05) is 0 Å². The second kappa shape index (κ2) is 5.93. The van der Waals surface area contributed by atoms with Crippen molar-refractivity contribution in [3.05, 3.63) is 68.3 Å². The molecule has 0 N–H and O–H groups in total. The van der Waals surface area contributed by atoms with Gasteiger partial charge >= 0.3 is 11.4 Å². The Bertz CT molecular complexity index is 747. The molecule has 114 valence electrons. The van der Waals surface area contributed by atoms with E-state index in [0.29, 0.717) is 0 Å².